The predicted molar refractivity (Wildman–Crippen MR) is 82.8 cm³/mol. The molecular weight excluding hydrogens is 264 g/mol. The standard InChI is InChI=1S/C17H24N2O2/c1-12-7-5-6-8-13(12)9-10-19-11-14(20)18-15(16(19)21)17(2,3)4/h5-8,15H,9-11H2,1-4H3,(H,18,20). The lowest BCUT2D eigenvalue weighted by Crippen LogP contribution is -2.62. The molecule has 1 fully saturated rings. The number of hydrogen-bond acceptors (Lipinski definition) is 2. The van der Waals surface area contributed by atoms with Crippen LogP contribution in [0.25, 0.3) is 0 Å². The molecule has 2 amide bonds. The highest BCUT2D eigenvalue weighted by Crippen LogP contribution is 2.23. The first-order valence-corrected chi connectivity index (χ1v) is 7.41. The number of benzene rings is 1. The second kappa shape index (κ2) is 5.88. The van der Waals surface area contributed by atoms with Crippen LogP contribution in [0.15, 0.2) is 24.3 Å². The van der Waals surface area contributed by atoms with Crippen molar-refractivity contribution in [2.45, 2.75) is 40.2 Å². The van der Waals surface area contributed by atoms with E-state index in [0.29, 0.717) is 6.54 Å². The predicted octanol–water partition coefficient (Wildman–Crippen LogP) is 1.91. The zero-order valence-corrected chi connectivity index (χ0v) is 13.3. The molecule has 4 nitrogen and oxygen atoms in total. The average Bonchev–Trinajstić information content (AvgIpc) is 2.39. The van der Waals surface area contributed by atoms with Crippen LogP contribution in [0.4, 0.5) is 0 Å². The van der Waals surface area contributed by atoms with Crippen LogP contribution in [-0.2, 0) is 16.0 Å². The van der Waals surface area contributed by atoms with Crippen molar-refractivity contribution in [3.63, 3.8) is 0 Å². The molecule has 21 heavy (non-hydrogen) atoms. The van der Waals surface area contributed by atoms with Crippen LogP contribution in [0.1, 0.15) is 31.9 Å². The summed E-state index contributed by atoms with van der Waals surface area (Å²) in [6, 6.07) is 7.72. The zero-order valence-electron chi connectivity index (χ0n) is 13.3. The molecule has 0 aromatic heterocycles. The average molecular weight is 288 g/mol. The fourth-order valence-electron chi connectivity index (χ4n) is 2.62. The highest BCUT2D eigenvalue weighted by molar-refractivity contribution is 5.95. The molecule has 114 valence electrons. The molecule has 1 heterocycles. The third-order valence-electron chi connectivity index (χ3n) is 3.98. The third-order valence-corrected chi connectivity index (χ3v) is 3.98. The highest BCUT2D eigenvalue weighted by atomic mass is 16.2. The number of piperazine rings is 1. The van der Waals surface area contributed by atoms with Gasteiger partial charge < -0.3 is 10.2 Å². The first-order valence-electron chi connectivity index (χ1n) is 7.41. The van der Waals surface area contributed by atoms with E-state index in [1.165, 1.54) is 11.1 Å². The minimum Gasteiger partial charge on any atom is -0.342 e. The van der Waals surface area contributed by atoms with Crippen molar-refractivity contribution in [3.8, 4) is 0 Å². The van der Waals surface area contributed by atoms with Gasteiger partial charge in [-0.1, -0.05) is 45.0 Å². The molecule has 1 saturated heterocycles. The molecule has 4 heteroatoms. The summed E-state index contributed by atoms with van der Waals surface area (Å²) in [6.45, 7) is 8.74. The van der Waals surface area contributed by atoms with Gasteiger partial charge in [-0.15, -0.1) is 0 Å². The minimum atomic E-state index is -0.435. The maximum atomic E-state index is 12.5. The number of carbonyl (C=O) groups is 2. The van der Waals surface area contributed by atoms with E-state index >= 15 is 0 Å². The summed E-state index contributed by atoms with van der Waals surface area (Å²) >= 11 is 0. The monoisotopic (exact) mass is 288 g/mol. The van der Waals surface area contributed by atoms with Gasteiger partial charge >= 0.3 is 0 Å². The number of aryl methyl sites for hydroxylation is 1. The first kappa shape index (κ1) is 15.5. The fraction of sp³-hybridized carbons (Fsp3) is 0.529. The Balaban J connectivity index is 2.07. The summed E-state index contributed by atoms with van der Waals surface area (Å²) < 4.78 is 0. The van der Waals surface area contributed by atoms with Gasteiger partial charge in [0, 0.05) is 6.54 Å². The molecule has 0 bridgehead atoms. The molecular formula is C17H24N2O2. The molecule has 1 atom stereocenters. The van der Waals surface area contributed by atoms with Gasteiger partial charge in [0.25, 0.3) is 0 Å². The molecule has 2 rings (SSSR count). The third kappa shape index (κ3) is 3.63. The van der Waals surface area contributed by atoms with Crippen molar-refractivity contribution in [2.75, 3.05) is 13.1 Å². The fourth-order valence-corrected chi connectivity index (χ4v) is 2.62. The Morgan fingerprint density at radius 2 is 1.90 bits per heavy atom. The van der Waals surface area contributed by atoms with Crippen LogP contribution < -0.4 is 5.32 Å². The Hall–Kier alpha value is -1.84. The molecule has 0 aliphatic carbocycles. The summed E-state index contributed by atoms with van der Waals surface area (Å²) in [5.74, 6) is -0.0463. The van der Waals surface area contributed by atoms with Gasteiger partial charge in [-0.05, 0) is 29.9 Å². The number of nitrogens with zero attached hydrogens (tertiary/aromatic N) is 1. The normalized spacial score (nSPS) is 19.6. The largest absolute Gasteiger partial charge is 0.342 e. The Bertz CT molecular complexity index is 546. The second-order valence-corrected chi connectivity index (χ2v) is 6.80. The molecule has 1 unspecified atom stereocenters. The van der Waals surface area contributed by atoms with Crippen molar-refractivity contribution in [1.82, 2.24) is 10.2 Å². The quantitative estimate of drug-likeness (QED) is 0.923. The van der Waals surface area contributed by atoms with E-state index in [0.717, 1.165) is 6.42 Å². The lowest BCUT2D eigenvalue weighted by molar-refractivity contribution is -0.147. The van der Waals surface area contributed by atoms with E-state index in [2.05, 4.69) is 24.4 Å². The first-order chi connectivity index (χ1) is 9.79. The van der Waals surface area contributed by atoms with E-state index in [4.69, 9.17) is 0 Å². The highest BCUT2D eigenvalue weighted by Gasteiger charge is 2.39. The minimum absolute atomic E-state index is 0.0238. The molecule has 1 aromatic carbocycles. The molecule has 0 radical (unpaired) electrons. The van der Waals surface area contributed by atoms with E-state index in [1.54, 1.807) is 4.90 Å². The Kier molecular flexibility index (Phi) is 4.35. The SMILES string of the molecule is Cc1ccccc1CCN1CC(=O)NC(C(C)(C)C)C1=O. The molecule has 0 saturated carbocycles. The van der Waals surface area contributed by atoms with Crippen molar-refractivity contribution < 1.29 is 9.59 Å². The summed E-state index contributed by atoms with van der Waals surface area (Å²) in [7, 11) is 0. The number of hydrogen-bond donors (Lipinski definition) is 1. The topological polar surface area (TPSA) is 49.4 Å². The van der Waals surface area contributed by atoms with E-state index in [9.17, 15) is 9.59 Å². The maximum Gasteiger partial charge on any atom is 0.246 e. The lowest BCUT2D eigenvalue weighted by atomic mass is 9.84. The van der Waals surface area contributed by atoms with Crippen LogP contribution in [-0.4, -0.2) is 35.8 Å². The summed E-state index contributed by atoms with van der Waals surface area (Å²) in [5, 5.41) is 2.82. The van der Waals surface area contributed by atoms with Crippen LogP contribution in [0, 0.1) is 12.3 Å². The number of rotatable bonds is 3. The van der Waals surface area contributed by atoms with Gasteiger partial charge in [-0.3, -0.25) is 9.59 Å². The van der Waals surface area contributed by atoms with Gasteiger partial charge in [0.05, 0.1) is 6.54 Å². The molecule has 0 spiro atoms. The Labute approximate surface area is 126 Å². The molecule has 1 N–H and O–H groups in total. The van der Waals surface area contributed by atoms with Gasteiger partial charge in [-0.2, -0.15) is 0 Å². The summed E-state index contributed by atoms with van der Waals surface area (Å²) in [4.78, 5) is 26.1. The maximum absolute atomic E-state index is 12.5. The van der Waals surface area contributed by atoms with Crippen molar-refractivity contribution in [3.05, 3.63) is 35.4 Å². The zero-order chi connectivity index (χ0) is 15.6. The molecule has 1 aliphatic rings. The van der Waals surface area contributed by atoms with Crippen molar-refractivity contribution >= 4 is 11.8 Å². The second-order valence-electron chi connectivity index (χ2n) is 6.80. The van der Waals surface area contributed by atoms with Crippen LogP contribution >= 0.6 is 0 Å². The Morgan fingerprint density at radius 3 is 2.52 bits per heavy atom. The van der Waals surface area contributed by atoms with Gasteiger partial charge in [0.2, 0.25) is 11.8 Å². The van der Waals surface area contributed by atoms with E-state index < -0.39 is 6.04 Å². The van der Waals surface area contributed by atoms with Gasteiger partial charge in [-0.25, -0.2) is 0 Å². The van der Waals surface area contributed by atoms with E-state index in [1.807, 2.05) is 32.9 Å². The molecule has 1 aromatic rings. The van der Waals surface area contributed by atoms with Crippen LogP contribution in [0.3, 0.4) is 0 Å². The van der Waals surface area contributed by atoms with Crippen LogP contribution in [0.5, 0.6) is 0 Å². The van der Waals surface area contributed by atoms with Gasteiger partial charge in [0.15, 0.2) is 0 Å². The number of amides is 2. The number of nitrogens with one attached hydrogen (secondary N) is 1. The van der Waals surface area contributed by atoms with Crippen molar-refractivity contribution in [2.24, 2.45) is 5.41 Å². The summed E-state index contributed by atoms with van der Waals surface area (Å²) in [5.41, 5.74) is 2.18. The lowest BCUT2D eigenvalue weighted by Gasteiger charge is -2.39. The Morgan fingerprint density at radius 1 is 1.24 bits per heavy atom. The van der Waals surface area contributed by atoms with E-state index in [-0.39, 0.29) is 23.8 Å². The van der Waals surface area contributed by atoms with Crippen molar-refractivity contribution in [1.29, 1.82) is 0 Å². The summed E-state index contributed by atoms with van der Waals surface area (Å²) in [6.07, 6.45) is 0.780. The smallest absolute Gasteiger partial charge is 0.246 e. The van der Waals surface area contributed by atoms with Gasteiger partial charge in [0.1, 0.15) is 6.04 Å². The molecule has 1 aliphatic heterocycles. The van der Waals surface area contributed by atoms with Crippen LogP contribution in [0.2, 0.25) is 0 Å². The number of carbonyl (C=O) groups excluding carboxylic acids is 2.